The third-order valence-electron chi connectivity index (χ3n) is 5.46. The molecule has 25 heavy (non-hydrogen) atoms. The average molecular weight is 335 g/mol. The van der Waals surface area contributed by atoms with Crippen molar-refractivity contribution >= 4 is 16.9 Å². The van der Waals surface area contributed by atoms with Crippen LogP contribution >= 0.6 is 0 Å². The molecule has 1 aromatic carbocycles. The molecule has 3 atom stereocenters. The first-order chi connectivity index (χ1) is 12.3. The molecule has 6 nitrogen and oxygen atoms in total. The maximum absolute atomic E-state index is 6.41. The van der Waals surface area contributed by atoms with Crippen molar-refractivity contribution in [3.8, 4) is 0 Å². The van der Waals surface area contributed by atoms with Crippen molar-refractivity contribution in [2.75, 3.05) is 11.4 Å². The second-order valence-corrected chi connectivity index (χ2v) is 6.92. The fraction of sp³-hybridized carbons (Fsp3) is 0.421. The van der Waals surface area contributed by atoms with Crippen molar-refractivity contribution in [3.05, 3.63) is 48.4 Å². The number of aromatic nitrogens is 4. The van der Waals surface area contributed by atoms with Crippen molar-refractivity contribution in [2.24, 2.45) is 7.05 Å². The van der Waals surface area contributed by atoms with Gasteiger partial charge in [-0.2, -0.15) is 5.10 Å². The van der Waals surface area contributed by atoms with E-state index in [0.717, 1.165) is 42.7 Å². The van der Waals surface area contributed by atoms with E-state index in [1.807, 2.05) is 13.2 Å². The lowest BCUT2D eigenvalue weighted by molar-refractivity contribution is 0.0299. The Hall–Kier alpha value is -2.47. The van der Waals surface area contributed by atoms with E-state index in [2.05, 4.69) is 50.3 Å². The van der Waals surface area contributed by atoms with E-state index in [9.17, 15) is 0 Å². The van der Waals surface area contributed by atoms with Crippen LogP contribution in [0.4, 0.5) is 5.82 Å². The number of hydrogen-bond donors (Lipinski definition) is 0. The molecule has 6 heteroatoms. The molecule has 0 bridgehead atoms. The molecule has 0 saturated carbocycles. The fourth-order valence-electron chi connectivity index (χ4n) is 4.27. The summed E-state index contributed by atoms with van der Waals surface area (Å²) in [6.45, 7) is 1.01. The largest absolute Gasteiger partial charge is 0.368 e. The predicted molar refractivity (Wildman–Crippen MR) is 95.3 cm³/mol. The molecule has 0 aliphatic carbocycles. The molecule has 4 heterocycles. The normalized spacial score (nSPS) is 26.1. The van der Waals surface area contributed by atoms with Crippen LogP contribution in [0, 0.1) is 0 Å². The van der Waals surface area contributed by atoms with Gasteiger partial charge >= 0.3 is 0 Å². The van der Waals surface area contributed by atoms with Gasteiger partial charge in [0, 0.05) is 20.0 Å². The Morgan fingerprint density at radius 3 is 2.92 bits per heavy atom. The van der Waals surface area contributed by atoms with Gasteiger partial charge in [-0.1, -0.05) is 30.3 Å². The van der Waals surface area contributed by atoms with Gasteiger partial charge in [0.05, 0.1) is 29.8 Å². The molecule has 2 aromatic heterocycles. The molecular weight excluding hydrogens is 314 g/mol. The minimum Gasteiger partial charge on any atom is -0.368 e. The zero-order valence-electron chi connectivity index (χ0n) is 14.2. The first kappa shape index (κ1) is 14.8. The van der Waals surface area contributed by atoms with Crippen molar-refractivity contribution in [3.63, 3.8) is 0 Å². The van der Waals surface area contributed by atoms with Crippen LogP contribution in [0.25, 0.3) is 11.0 Å². The van der Waals surface area contributed by atoms with Gasteiger partial charge in [-0.25, -0.2) is 9.97 Å². The fourth-order valence-corrected chi connectivity index (χ4v) is 4.27. The quantitative estimate of drug-likeness (QED) is 0.721. The summed E-state index contributed by atoms with van der Waals surface area (Å²) >= 11 is 0. The third-order valence-corrected chi connectivity index (χ3v) is 5.46. The Kier molecular flexibility index (Phi) is 3.45. The summed E-state index contributed by atoms with van der Waals surface area (Å²) in [6, 6.07) is 10.9. The molecule has 5 rings (SSSR count). The molecule has 128 valence electrons. The van der Waals surface area contributed by atoms with Crippen LogP contribution in [0.1, 0.15) is 30.9 Å². The molecule has 3 aromatic rings. The summed E-state index contributed by atoms with van der Waals surface area (Å²) in [5.41, 5.74) is 2.15. The molecule has 0 radical (unpaired) electrons. The second kappa shape index (κ2) is 5.81. The maximum Gasteiger partial charge on any atom is 0.163 e. The highest BCUT2D eigenvalue weighted by molar-refractivity contribution is 5.86. The van der Waals surface area contributed by atoms with Gasteiger partial charge in [-0.3, -0.25) is 4.68 Å². The minimum absolute atomic E-state index is 0.169. The Bertz CT molecular complexity index is 893. The Morgan fingerprint density at radius 2 is 2.04 bits per heavy atom. The molecule has 0 amide bonds. The number of fused-ring (bicyclic) bond motifs is 2. The smallest absolute Gasteiger partial charge is 0.163 e. The Labute approximate surface area is 146 Å². The van der Waals surface area contributed by atoms with E-state index in [1.54, 1.807) is 11.0 Å². The zero-order valence-corrected chi connectivity index (χ0v) is 14.2. The summed E-state index contributed by atoms with van der Waals surface area (Å²) in [4.78, 5) is 11.4. The van der Waals surface area contributed by atoms with Crippen LogP contribution in [0.15, 0.2) is 42.9 Å². The molecule has 2 fully saturated rings. The van der Waals surface area contributed by atoms with Gasteiger partial charge in [-0.05, 0) is 18.4 Å². The number of aryl methyl sites for hydroxylation is 1. The van der Waals surface area contributed by atoms with E-state index in [4.69, 9.17) is 4.74 Å². The zero-order chi connectivity index (χ0) is 16.8. The number of piperidine rings is 1. The molecule has 0 unspecified atom stereocenters. The van der Waals surface area contributed by atoms with Crippen LogP contribution < -0.4 is 4.90 Å². The van der Waals surface area contributed by atoms with Gasteiger partial charge < -0.3 is 9.64 Å². The minimum atomic E-state index is 0.169. The highest BCUT2D eigenvalue weighted by Gasteiger charge is 2.42. The molecule has 0 spiro atoms. The summed E-state index contributed by atoms with van der Waals surface area (Å²) in [7, 11) is 1.92. The van der Waals surface area contributed by atoms with Gasteiger partial charge in [0.25, 0.3) is 0 Å². The van der Waals surface area contributed by atoms with Crippen LogP contribution in [-0.4, -0.2) is 38.4 Å². The maximum atomic E-state index is 6.41. The first-order valence-corrected chi connectivity index (χ1v) is 8.91. The second-order valence-electron chi connectivity index (χ2n) is 6.92. The van der Waals surface area contributed by atoms with Crippen molar-refractivity contribution in [1.82, 2.24) is 19.7 Å². The Balaban J connectivity index is 1.50. The van der Waals surface area contributed by atoms with Crippen LogP contribution in [-0.2, 0) is 11.8 Å². The van der Waals surface area contributed by atoms with Crippen molar-refractivity contribution in [1.29, 1.82) is 0 Å². The number of hydrogen-bond acceptors (Lipinski definition) is 5. The van der Waals surface area contributed by atoms with Crippen molar-refractivity contribution < 1.29 is 4.74 Å². The van der Waals surface area contributed by atoms with Crippen LogP contribution in [0.2, 0.25) is 0 Å². The Morgan fingerprint density at radius 1 is 1.16 bits per heavy atom. The molecule has 2 saturated heterocycles. The number of rotatable bonds is 2. The number of nitrogens with zero attached hydrogens (tertiary/aromatic N) is 5. The average Bonchev–Trinajstić information content (AvgIpc) is 3.26. The van der Waals surface area contributed by atoms with Crippen LogP contribution in [0.3, 0.4) is 0 Å². The van der Waals surface area contributed by atoms with E-state index >= 15 is 0 Å². The predicted octanol–water partition coefficient (Wildman–Crippen LogP) is 2.86. The third kappa shape index (κ3) is 2.40. The molecule has 2 aliphatic heterocycles. The monoisotopic (exact) mass is 335 g/mol. The number of anilines is 1. The van der Waals surface area contributed by atoms with Crippen LogP contribution in [0.5, 0.6) is 0 Å². The molecule has 2 aliphatic rings. The van der Waals surface area contributed by atoms with Gasteiger partial charge in [0.1, 0.15) is 12.1 Å². The lowest BCUT2D eigenvalue weighted by Gasteiger charge is -2.37. The van der Waals surface area contributed by atoms with E-state index in [1.165, 1.54) is 5.56 Å². The van der Waals surface area contributed by atoms with Gasteiger partial charge in [-0.15, -0.1) is 0 Å². The lowest BCUT2D eigenvalue weighted by Crippen LogP contribution is -2.46. The highest BCUT2D eigenvalue weighted by atomic mass is 16.5. The summed E-state index contributed by atoms with van der Waals surface area (Å²) < 4.78 is 8.22. The lowest BCUT2D eigenvalue weighted by atomic mass is 9.95. The SMILES string of the molecule is Cn1ncc2c(N3CCC[C@@H]4O[C@H](c5ccccc5)C[C@@H]43)ncnc21. The highest BCUT2D eigenvalue weighted by Crippen LogP contribution is 2.41. The van der Waals surface area contributed by atoms with Gasteiger partial charge in [0.2, 0.25) is 0 Å². The summed E-state index contributed by atoms with van der Waals surface area (Å²) in [5.74, 6) is 0.991. The summed E-state index contributed by atoms with van der Waals surface area (Å²) in [6.07, 6.45) is 7.19. The van der Waals surface area contributed by atoms with E-state index in [-0.39, 0.29) is 12.2 Å². The number of benzene rings is 1. The van der Waals surface area contributed by atoms with Crippen molar-refractivity contribution in [2.45, 2.75) is 37.5 Å². The standard InChI is InChI=1S/C19H21N5O/c1-23-18-14(11-22-23)19(21-12-20-18)24-9-5-8-16-15(24)10-17(25-16)13-6-3-2-4-7-13/h2-4,6-7,11-12,15-17H,5,8-10H2,1H3/t15-,16-,17-/m0/s1. The molecule has 0 N–H and O–H groups in total. The summed E-state index contributed by atoms with van der Waals surface area (Å²) in [5, 5.41) is 5.38. The topological polar surface area (TPSA) is 56.1 Å². The first-order valence-electron chi connectivity index (χ1n) is 8.91. The van der Waals surface area contributed by atoms with E-state index < -0.39 is 0 Å². The molecular formula is C19H21N5O. The van der Waals surface area contributed by atoms with E-state index in [0.29, 0.717) is 6.04 Å². The van der Waals surface area contributed by atoms with Gasteiger partial charge in [0.15, 0.2) is 5.65 Å². The number of ether oxygens (including phenoxy) is 1.